The highest BCUT2D eigenvalue weighted by Crippen LogP contribution is 2.24. The molecule has 6 nitrogen and oxygen atoms in total. The van der Waals surface area contributed by atoms with E-state index in [4.69, 9.17) is 5.73 Å². The van der Waals surface area contributed by atoms with E-state index < -0.39 is 0 Å². The second-order valence-electron chi connectivity index (χ2n) is 6.29. The van der Waals surface area contributed by atoms with Crippen molar-refractivity contribution in [1.82, 2.24) is 9.88 Å². The number of hydrogen-bond donors (Lipinski definition) is 2. The third-order valence-corrected chi connectivity index (χ3v) is 4.32. The molecule has 1 unspecified atom stereocenters. The molecule has 1 aromatic carbocycles. The Morgan fingerprint density at radius 3 is 2.92 bits per heavy atom. The van der Waals surface area contributed by atoms with Crippen LogP contribution in [0.1, 0.15) is 12.0 Å². The maximum atomic E-state index is 12.1. The van der Waals surface area contributed by atoms with Gasteiger partial charge in [0.05, 0.1) is 7.05 Å². The second-order valence-corrected chi connectivity index (χ2v) is 6.29. The van der Waals surface area contributed by atoms with Gasteiger partial charge in [-0.05, 0) is 37.1 Å². The SMILES string of the molecule is Cc1cc(N2CCC(NC(=O)Cn3cc[n+](C)c3)C2)ccc1N.[Cl-]. The van der Waals surface area contributed by atoms with Gasteiger partial charge in [0.25, 0.3) is 5.91 Å². The quantitative estimate of drug-likeness (QED) is 0.478. The smallest absolute Gasteiger partial charge is 0.262 e. The van der Waals surface area contributed by atoms with Crippen LogP contribution in [0.15, 0.2) is 36.9 Å². The monoisotopic (exact) mass is 349 g/mol. The molecule has 3 N–H and O–H groups in total. The van der Waals surface area contributed by atoms with Gasteiger partial charge >= 0.3 is 0 Å². The Kier molecular flexibility index (Phi) is 5.72. The Morgan fingerprint density at radius 1 is 1.46 bits per heavy atom. The highest BCUT2D eigenvalue weighted by atomic mass is 35.5. The molecule has 0 aliphatic carbocycles. The summed E-state index contributed by atoms with van der Waals surface area (Å²) < 4.78 is 3.80. The zero-order chi connectivity index (χ0) is 16.4. The molecular weight excluding hydrogens is 326 g/mol. The van der Waals surface area contributed by atoms with Gasteiger partial charge in [-0.3, -0.25) is 4.79 Å². The van der Waals surface area contributed by atoms with Crippen molar-refractivity contribution < 1.29 is 21.8 Å². The maximum absolute atomic E-state index is 12.1. The average molecular weight is 350 g/mol. The second kappa shape index (κ2) is 7.57. The molecule has 0 spiro atoms. The van der Waals surface area contributed by atoms with Crippen LogP contribution in [0.2, 0.25) is 0 Å². The van der Waals surface area contributed by atoms with Crippen LogP contribution < -0.4 is 32.9 Å². The Morgan fingerprint density at radius 2 is 2.25 bits per heavy atom. The fourth-order valence-corrected chi connectivity index (χ4v) is 3.00. The number of halogens is 1. The van der Waals surface area contributed by atoms with E-state index in [0.29, 0.717) is 6.54 Å². The fourth-order valence-electron chi connectivity index (χ4n) is 3.00. The lowest BCUT2D eigenvalue weighted by molar-refractivity contribution is -0.671. The summed E-state index contributed by atoms with van der Waals surface area (Å²) in [4.78, 5) is 14.4. The molecule has 1 saturated heterocycles. The van der Waals surface area contributed by atoms with E-state index >= 15 is 0 Å². The van der Waals surface area contributed by atoms with Crippen LogP contribution in [-0.4, -0.2) is 29.6 Å². The number of nitrogens with one attached hydrogen (secondary N) is 1. The van der Waals surface area contributed by atoms with E-state index in [1.165, 1.54) is 5.69 Å². The summed E-state index contributed by atoms with van der Waals surface area (Å²) in [5, 5.41) is 3.13. The van der Waals surface area contributed by atoms with Gasteiger partial charge in [0.2, 0.25) is 6.33 Å². The minimum absolute atomic E-state index is 0. The van der Waals surface area contributed by atoms with Gasteiger partial charge in [0, 0.05) is 30.5 Å². The van der Waals surface area contributed by atoms with E-state index in [1.807, 2.05) is 54.0 Å². The van der Waals surface area contributed by atoms with Crippen molar-refractivity contribution in [2.24, 2.45) is 7.05 Å². The van der Waals surface area contributed by atoms with Crippen LogP contribution in [-0.2, 0) is 18.4 Å². The predicted octanol–water partition coefficient (Wildman–Crippen LogP) is -2.40. The van der Waals surface area contributed by atoms with Crippen LogP contribution in [0.3, 0.4) is 0 Å². The number of nitrogen functional groups attached to an aromatic ring is 1. The van der Waals surface area contributed by atoms with Crippen molar-refractivity contribution in [2.45, 2.75) is 25.9 Å². The Hall–Kier alpha value is -2.21. The molecule has 0 saturated carbocycles. The number of imidazole rings is 1. The van der Waals surface area contributed by atoms with E-state index in [9.17, 15) is 4.79 Å². The fraction of sp³-hybridized carbons (Fsp3) is 0.412. The van der Waals surface area contributed by atoms with Crippen molar-refractivity contribution in [3.8, 4) is 0 Å². The summed E-state index contributed by atoms with van der Waals surface area (Å²) in [6, 6.07) is 6.30. The molecule has 1 fully saturated rings. The number of aromatic nitrogens is 2. The number of anilines is 2. The lowest BCUT2D eigenvalue weighted by Crippen LogP contribution is -3.00. The number of nitrogens with zero attached hydrogens (tertiary/aromatic N) is 3. The normalized spacial score (nSPS) is 16.8. The number of benzene rings is 1. The number of rotatable bonds is 4. The molecule has 1 amide bonds. The first-order chi connectivity index (χ1) is 11.0. The summed E-state index contributed by atoms with van der Waals surface area (Å²) in [6.07, 6.45) is 6.69. The van der Waals surface area contributed by atoms with Crippen molar-refractivity contribution >= 4 is 17.3 Å². The third-order valence-electron chi connectivity index (χ3n) is 4.32. The van der Waals surface area contributed by atoms with E-state index in [0.717, 1.165) is 30.8 Å². The molecule has 3 rings (SSSR count). The lowest BCUT2D eigenvalue weighted by Gasteiger charge is -2.20. The van der Waals surface area contributed by atoms with Crippen LogP contribution in [0.4, 0.5) is 11.4 Å². The van der Waals surface area contributed by atoms with Gasteiger partial charge in [-0.2, -0.15) is 0 Å². The van der Waals surface area contributed by atoms with Crippen molar-refractivity contribution in [3.63, 3.8) is 0 Å². The number of aryl methyl sites for hydroxylation is 2. The Labute approximate surface area is 148 Å². The first-order valence-electron chi connectivity index (χ1n) is 7.93. The summed E-state index contributed by atoms with van der Waals surface area (Å²) in [5.41, 5.74) is 8.96. The van der Waals surface area contributed by atoms with E-state index in [-0.39, 0.29) is 24.4 Å². The maximum Gasteiger partial charge on any atom is 0.262 e. The molecule has 2 aromatic rings. The minimum Gasteiger partial charge on any atom is -1.00 e. The van der Waals surface area contributed by atoms with E-state index in [1.54, 1.807) is 0 Å². The number of nitrogens with two attached hydrogens (primary N) is 1. The van der Waals surface area contributed by atoms with Crippen LogP contribution in [0, 0.1) is 6.92 Å². The summed E-state index contributed by atoms with van der Waals surface area (Å²) in [5.74, 6) is 0.0570. The molecule has 24 heavy (non-hydrogen) atoms. The third kappa shape index (κ3) is 4.20. The van der Waals surface area contributed by atoms with Gasteiger partial charge in [0.1, 0.15) is 12.4 Å². The topological polar surface area (TPSA) is 67.2 Å². The zero-order valence-corrected chi connectivity index (χ0v) is 14.8. The standard InChI is InChI=1S/C17H23N5O.ClH/c1-13-9-15(3-4-16(13)18)22-6-5-14(10-22)19-17(23)11-21-8-7-20(2)12-21;/h3-4,7-9,12,14H,5-6,10-11,18H2,1-2H3;1H. The molecule has 1 atom stereocenters. The molecule has 1 aromatic heterocycles. The number of amides is 1. The molecule has 2 heterocycles. The van der Waals surface area contributed by atoms with Gasteiger partial charge in [-0.15, -0.1) is 0 Å². The first-order valence-corrected chi connectivity index (χ1v) is 7.93. The zero-order valence-electron chi connectivity index (χ0n) is 14.1. The van der Waals surface area contributed by atoms with Crippen molar-refractivity contribution in [3.05, 3.63) is 42.5 Å². The average Bonchev–Trinajstić information content (AvgIpc) is 3.11. The molecule has 1 aliphatic heterocycles. The van der Waals surface area contributed by atoms with Crippen LogP contribution in [0.25, 0.3) is 0 Å². The molecular formula is C17H24ClN5O. The molecule has 7 heteroatoms. The Bertz CT molecular complexity index is 715. The summed E-state index contributed by atoms with van der Waals surface area (Å²) in [6.45, 7) is 4.17. The van der Waals surface area contributed by atoms with Crippen LogP contribution >= 0.6 is 0 Å². The summed E-state index contributed by atoms with van der Waals surface area (Å²) in [7, 11) is 1.94. The van der Waals surface area contributed by atoms with Gasteiger partial charge in [-0.1, -0.05) is 0 Å². The van der Waals surface area contributed by atoms with Gasteiger partial charge < -0.3 is 28.4 Å². The first kappa shape index (κ1) is 18.1. The van der Waals surface area contributed by atoms with Crippen molar-refractivity contribution in [1.29, 1.82) is 0 Å². The van der Waals surface area contributed by atoms with Gasteiger partial charge in [-0.25, -0.2) is 9.13 Å². The Balaban J connectivity index is 0.00000208. The lowest BCUT2D eigenvalue weighted by atomic mass is 10.2. The highest BCUT2D eigenvalue weighted by molar-refractivity contribution is 5.76. The largest absolute Gasteiger partial charge is 1.00 e. The summed E-state index contributed by atoms with van der Waals surface area (Å²) >= 11 is 0. The molecule has 130 valence electrons. The van der Waals surface area contributed by atoms with Crippen molar-refractivity contribution in [2.75, 3.05) is 23.7 Å². The number of hydrogen-bond acceptors (Lipinski definition) is 3. The predicted molar refractivity (Wildman–Crippen MR) is 90.0 cm³/mol. The number of carbonyl (C=O) groups is 1. The number of carbonyl (C=O) groups excluding carboxylic acids is 1. The minimum atomic E-state index is 0. The molecule has 1 aliphatic rings. The van der Waals surface area contributed by atoms with Gasteiger partial charge in [0.15, 0.2) is 6.54 Å². The van der Waals surface area contributed by atoms with Crippen LogP contribution in [0.5, 0.6) is 0 Å². The molecule has 0 radical (unpaired) electrons. The molecule has 0 bridgehead atoms. The van der Waals surface area contributed by atoms with E-state index in [2.05, 4.69) is 16.3 Å². The highest BCUT2D eigenvalue weighted by Gasteiger charge is 2.24.